The molecular formula is C30H34ClN3O4. The van der Waals surface area contributed by atoms with Crippen LogP contribution in [0.25, 0.3) is 0 Å². The summed E-state index contributed by atoms with van der Waals surface area (Å²) in [4.78, 5) is 32.8. The summed E-state index contributed by atoms with van der Waals surface area (Å²) in [6.07, 6.45) is 0. The van der Waals surface area contributed by atoms with E-state index in [1.54, 1.807) is 64.3 Å². The van der Waals surface area contributed by atoms with Gasteiger partial charge in [0.2, 0.25) is 0 Å². The van der Waals surface area contributed by atoms with E-state index in [-0.39, 0.29) is 11.5 Å². The lowest BCUT2D eigenvalue weighted by Gasteiger charge is -2.23. The smallest absolute Gasteiger partial charge is 0.278 e. The zero-order valence-corrected chi connectivity index (χ0v) is 23.2. The SMILES string of the molecule is CCN(CCOc1ccc(OC)cc1)c1ccc(N=C(C(=O)Nc2ccccc2Cl)C(=O)C(C)(C)C)cc1. The molecule has 8 heteroatoms. The summed E-state index contributed by atoms with van der Waals surface area (Å²) < 4.78 is 11.0. The van der Waals surface area contributed by atoms with Crippen molar-refractivity contribution in [3.05, 3.63) is 77.8 Å². The number of halogens is 1. The van der Waals surface area contributed by atoms with Crippen molar-refractivity contribution in [3.63, 3.8) is 0 Å². The number of benzene rings is 3. The molecule has 0 fully saturated rings. The van der Waals surface area contributed by atoms with E-state index in [2.05, 4.69) is 22.1 Å². The van der Waals surface area contributed by atoms with Crippen LogP contribution in [0, 0.1) is 5.41 Å². The van der Waals surface area contributed by atoms with Crippen LogP contribution in [0.4, 0.5) is 17.1 Å². The third-order valence-electron chi connectivity index (χ3n) is 5.76. The summed E-state index contributed by atoms with van der Waals surface area (Å²) in [5.74, 6) is 0.589. The van der Waals surface area contributed by atoms with Crippen LogP contribution in [0.15, 0.2) is 77.8 Å². The van der Waals surface area contributed by atoms with Crippen molar-refractivity contribution < 1.29 is 19.1 Å². The highest BCUT2D eigenvalue weighted by Gasteiger charge is 2.31. The second-order valence-electron chi connectivity index (χ2n) is 9.59. The van der Waals surface area contributed by atoms with Crippen LogP contribution >= 0.6 is 11.6 Å². The van der Waals surface area contributed by atoms with Gasteiger partial charge in [0.05, 0.1) is 30.1 Å². The molecule has 1 amide bonds. The minimum atomic E-state index is -0.792. The monoisotopic (exact) mass is 535 g/mol. The van der Waals surface area contributed by atoms with Crippen LogP contribution in [0.1, 0.15) is 27.7 Å². The van der Waals surface area contributed by atoms with Gasteiger partial charge in [0.15, 0.2) is 11.5 Å². The second kappa shape index (κ2) is 13.1. The van der Waals surface area contributed by atoms with Crippen LogP contribution in [-0.2, 0) is 9.59 Å². The number of amides is 1. The summed E-state index contributed by atoms with van der Waals surface area (Å²) >= 11 is 6.19. The largest absolute Gasteiger partial charge is 0.497 e. The molecule has 0 saturated heterocycles. The van der Waals surface area contributed by atoms with Crippen molar-refractivity contribution in [2.75, 3.05) is 37.0 Å². The number of hydrogen-bond acceptors (Lipinski definition) is 6. The Morgan fingerprint density at radius 3 is 2.16 bits per heavy atom. The molecule has 0 aliphatic heterocycles. The Labute approximate surface area is 229 Å². The summed E-state index contributed by atoms with van der Waals surface area (Å²) in [5, 5.41) is 3.09. The van der Waals surface area contributed by atoms with Crippen LogP contribution in [-0.4, -0.2) is 44.2 Å². The zero-order valence-electron chi connectivity index (χ0n) is 22.5. The lowest BCUT2D eigenvalue weighted by molar-refractivity contribution is -0.121. The van der Waals surface area contributed by atoms with E-state index >= 15 is 0 Å². The molecule has 0 saturated carbocycles. The highest BCUT2D eigenvalue weighted by molar-refractivity contribution is 6.68. The molecule has 1 N–H and O–H groups in total. The summed E-state index contributed by atoms with van der Waals surface area (Å²) in [6.45, 7) is 9.30. The molecule has 0 aliphatic rings. The Bertz CT molecular complexity index is 1270. The van der Waals surface area contributed by atoms with E-state index in [1.165, 1.54) is 0 Å². The first-order valence-corrected chi connectivity index (χ1v) is 12.8. The number of aliphatic imine (C=N–C) groups is 1. The average molecular weight is 536 g/mol. The van der Waals surface area contributed by atoms with Gasteiger partial charge >= 0.3 is 0 Å². The van der Waals surface area contributed by atoms with Crippen LogP contribution in [0.5, 0.6) is 11.5 Å². The number of nitrogens with one attached hydrogen (secondary N) is 1. The molecule has 0 atom stereocenters. The molecule has 0 bridgehead atoms. The first-order valence-electron chi connectivity index (χ1n) is 12.4. The number of nitrogens with zero attached hydrogens (tertiary/aromatic N) is 2. The van der Waals surface area contributed by atoms with Crippen LogP contribution in [0.2, 0.25) is 5.02 Å². The van der Waals surface area contributed by atoms with Crippen LogP contribution in [0.3, 0.4) is 0 Å². The summed E-state index contributed by atoms with van der Waals surface area (Å²) in [6, 6.07) is 21.7. The second-order valence-corrected chi connectivity index (χ2v) is 10.0. The number of para-hydroxylation sites is 1. The maximum atomic E-state index is 13.1. The standard InChI is InChI=1S/C30H34ClN3O4/c1-6-34(19-20-38-24-17-15-23(37-5)16-18-24)22-13-11-21(12-14-22)32-27(28(35)30(2,3)4)29(36)33-26-10-8-7-9-25(26)31/h7-18H,6,19-20H2,1-5H3,(H,33,36). The molecule has 0 unspecified atom stereocenters. The average Bonchev–Trinajstić information content (AvgIpc) is 2.91. The van der Waals surface area contributed by atoms with Crippen molar-refractivity contribution in [2.45, 2.75) is 27.7 Å². The van der Waals surface area contributed by atoms with Gasteiger partial charge in [-0.25, -0.2) is 4.99 Å². The number of anilines is 2. The fourth-order valence-electron chi connectivity index (χ4n) is 3.59. The van der Waals surface area contributed by atoms with E-state index in [9.17, 15) is 9.59 Å². The Hall–Kier alpha value is -3.84. The molecule has 38 heavy (non-hydrogen) atoms. The van der Waals surface area contributed by atoms with E-state index in [0.29, 0.717) is 29.5 Å². The minimum Gasteiger partial charge on any atom is -0.497 e. The lowest BCUT2D eigenvalue weighted by atomic mass is 9.87. The number of rotatable bonds is 11. The Morgan fingerprint density at radius 1 is 0.947 bits per heavy atom. The van der Waals surface area contributed by atoms with E-state index in [1.807, 2.05) is 36.4 Å². The van der Waals surface area contributed by atoms with Gasteiger partial charge in [0.1, 0.15) is 18.1 Å². The predicted molar refractivity (Wildman–Crippen MR) is 154 cm³/mol. The number of likely N-dealkylation sites (N-methyl/N-ethyl adjacent to an activating group) is 1. The third kappa shape index (κ3) is 7.83. The van der Waals surface area contributed by atoms with Crippen molar-refractivity contribution in [2.24, 2.45) is 10.4 Å². The predicted octanol–water partition coefficient (Wildman–Crippen LogP) is 6.58. The summed E-state index contributed by atoms with van der Waals surface area (Å²) in [7, 11) is 1.63. The van der Waals surface area contributed by atoms with Crippen LogP contribution < -0.4 is 19.7 Å². The van der Waals surface area contributed by atoms with Crippen molar-refractivity contribution in [1.82, 2.24) is 0 Å². The molecule has 7 nitrogen and oxygen atoms in total. The molecule has 3 rings (SSSR count). The number of carbonyl (C=O) groups excluding carboxylic acids is 2. The highest BCUT2D eigenvalue weighted by atomic mass is 35.5. The number of carbonyl (C=O) groups is 2. The fourth-order valence-corrected chi connectivity index (χ4v) is 3.77. The number of Topliss-reactive ketones (excluding diaryl/α,β-unsaturated/α-hetero) is 1. The number of methoxy groups -OCH3 is 1. The molecular weight excluding hydrogens is 502 g/mol. The van der Waals surface area contributed by atoms with Gasteiger partial charge in [0, 0.05) is 17.6 Å². The Morgan fingerprint density at radius 2 is 1.58 bits per heavy atom. The van der Waals surface area contributed by atoms with Crippen molar-refractivity contribution in [1.29, 1.82) is 0 Å². The van der Waals surface area contributed by atoms with Gasteiger partial charge in [-0.1, -0.05) is 44.5 Å². The van der Waals surface area contributed by atoms with E-state index in [0.717, 1.165) is 23.7 Å². The van der Waals surface area contributed by atoms with E-state index < -0.39 is 11.3 Å². The molecule has 200 valence electrons. The molecule has 3 aromatic carbocycles. The van der Waals surface area contributed by atoms with Gasteiger partial charge in [0.25, 0.3) is 5.91 Å². The van der Waals surface area contributed by atoms with Gasteiger partial charge in [-0.05, 0) is 67.6 Å². The van der Waals surface area contributed by atoms with Gasteiger partial charge in [-0.15, -0.1) is 0 Å². The molecule has 0 aromatic heterocycles. The topological polar surface area (TPSA) is 80.2 Å². The molecule has 0 spiro atoms. The quantitative estimate of drug-likeness (QED) is 0.221. The van der Waals surface area contributed by atoms with Crippen molar-refractivity contribution in [3.8, 4) is 11.5 Å². The number of ketones is 1. The lowest BCUT2D eigenvalue weighted by Crippen LogP contribution is -2.37. The Kier molecular flexibility index (Phi) is 9.91. The van der Waals surface area contributed by atoms with Gasteiger partial charge < -0.3 is 19.7 Å². The molecule has 0 radical (unpaired) electrons. The Balaban J connectivity index is 1.74. The fraction of sp³-hybridized carbons (Fsp3) is 0.300. The minimum absolute atomic E-state index is 0.176. The van der Waals surface area contributed by atoms with Crippen molar-refractivity contribution >= 4 is 46.1 Å². The first-order chi connectivity index (χ1) is 18.1. The number of ether oxygens (including phenoxy) is 2. The zero-order chi connectivity index (χ0) is 27.7. The van der Waals surface area contributed by atoms with Gasteiger partial charge in [-0.2, -0.15) is 0 Å². The molecule has 0 heterocycles. The third-order valence-corrected chi connectivity index (χ3v) is 6.09. The number of hydrogen-bond donors (Lipinski definition) is 1. The maximum absolute atomic E-state index is 13.1. The molecule has 0 aliphatic carbocycles. The highest BCUT2D eigenvalue weighted by Crippen LogP contribution is 2.25. The normalized spacial score (nSPS) is 11.6. The van der Waals surface area contributed by atoms with Gasteiger partial charge in [-0.3, -0.25) is 9.59 Å². The summed E-state index contributed by atoms with van der Waals surface area (Å²) in [5.41, 5.74) is 0.930. The maximum Gasteiger partial charge on any atom is 0.278 e. The first kappa shape index (κ1) is 28.7. The molecule has 3 aromatic rings. The van der Waals surface area contributed by atoms with E-state index in [4.69, 9.17) is 21.1 Å².